The summed E-state index contributed by atoms with van der Waals surface area (Å²) in [4.78, 5) is 37.0. The Labute approximate surface area is 261 Å². The summed E-state index contributed by atoms with van der Waals surface area (Å²) in [6, 6.07) is 29.6. The molecule has 45 heavy (non-hydrogen) atoms. The van der Waals surface area contributed by atoms with E-state index in [1.54, 1.807) is 8.80 Å². The van der Waals surface area contributed by atoms with Crippen molar-refractivity contribution in [3.63, 3.8) is 0 Å². The zero-order chi connectivity index (χ0) is 30.1. The molecule has 0 aliphatic carbocycles. The van der Waals surface area contributed by atoms with E-state index in [9.17, 15) is 9.59 Å². The van der Waals surface area contributed by atoms with Gasteiger partial charge in [-0.3, -0.25) is 18.4 Å². The van der Waals surface area contributed by atoms with E-state index in [1.165, 1.54) is 0 Å². The minimum absolute atomic E-state index is 0.148. The summed E-state index contributed by atoms with van der Waals surface area (Å²) in [6.07, 6.45) is 0. The van der Waals surface area contributed by atoms with Crippen molar-refractivity contribution >= 4 is 99.7 Å². The lowest BCUT2D eigenvalue weighted by atomic mass is 10.0. The minimum Gasteiger partial charge on any atom is -0.457 e. The smallest absolute Gasteiger partial charge is 0.264 e. The molecular formula is C36H16Cl2N4O3. The van der Waals surface area contributed by atoms with Crippen LogP contribution in [0.3, 0.4) is 0 Å². The normalized spacial score (nSPS) is 12.4. The van der Waals surface area contributed by atoms with Gasteiger partial charge < -0.3 is 4.74 Å². The average Bonchev–Trinajstić information content (AvgIpc) is 3.63. The molecule has 0 unspecified atom stereocenters. The second-order valence-electron chi connectivity index (χ2n) is 11.2. The highest BCUT2D eigenvalue weighted by Gasteiger charge is 2.19. The van der Waals surface area contributed by atoms with Crippen LogP contribution in [0.2, 0.25) is 10.0 Å². The quantitative estimate of drug-likeness (QED) is 0.193. The lowest BCUT2D eigenvalue weighted by Gasteiger charge is -2.08. The fourth-order valence-corrected chi connectivity index (χ4v) is 7.31. The summed E-state index contributed by atoms with van der Waals surface area (Å²) in [5, 5.41) is 7.35. The van der Waals surface area contributed by atoms with Gasteiger partial charge in [0.15, 0.2) is 0 Å². The summed E-state index contributed by atoms with van der Waals surface area (Å²) in [6.45, 7) is 0. The first-order valence-corrected chi connectivity index (χ1v) is 15.0. The second-order valence-corrected chi connectivity index (χ2v) is 12.0. The van der Waals surface area contributed by atoms with Gasteiger partial charge in [-0.15, -0.1) is 0 Å². The van der Waals surface area contributed by atoms with Crippen LogP contribution >= 0.6 is 23.2 Å². The van der Waals surface area contributed by atoms with Crippen molar-refractivity contribution in [3.05, 3.63) is 128 Å². The Morgan fingerprint density at radius 2 is 0.956 bits per heavy atom. The van der Waals surface area contributed by atoms with E-state index < -0.39 is 0 Å². The van der Waals surface area contributed by atoms with Crippen molar-refractivity contribution in [2.24, 2.45) is 0 Å². The van der Waals surface area contributed by atoms with Gasteiger partial charge in [0.2, 0.25) is 0 Å². The van der Waals surface area contributed by atoms with Gasteiger partial charge in [-0.25, -0.2) is 9.97 Å². The molecule has 212 valence electrons. The first-order chi connectivity index (χ1) is 22.0. The van der Waals surface area contributed by atoms with Crippen LogP contribution in [0.25, 0.3) is 76.5 Å². The van der Waals surface area contributed by atoms with Gasteiger partial charge in [0.25, 0.3) is 11.1 Å². The lowest BCUT2D eigenvalue weighted by Crippen LogP contribution is -2.13. The van der Waals surface area contributed by atoms with Crippen LogP contribution in [0.15, 0.2) is 107 Å². The summed E-state index contributed by atoms with van der Waals surface area (Å²) in [5.74, 6) is 1.10. The van der Waals surface area contributed by atoms with E-state index >= 15 is 0 Å². The molecule has 0 atom stereocenters. The highest BCUT2D eigenvalue weighted by molar-refractivity contribution is 6.38. The Balaban J connectivity index is 1.13. The van der Waals surface area contributed by atoms with E-state index in [1.807, 2.05) is 97.1 Å². The Bertz CT molecular complexity index is 2840. The van der Waals surface area contributed by atoms with E-state index in [4.69, 9.17) is 37.9 Å². The fourth-order valence-electron chi connectivity index (χ4n) is 6.87. The number of hydrogen-bond donors (Lipinski definition) is 0. The van der Waals surface area contributed by atoms with Crippen LogP contribution in [0, 0.1) is 0 Å². The van der Waals surface area contributed by atoms with E-state index in [-0.39, 0.29) is 11.1 Å². The van der Waals surface area contributed by atoms with Crippen molar-refractivity contribution < 1.29 is 4.74 Å². The molecule has 10 rings (SSSR count). The van der Waals surface area contributed by atoms with Gasteiger partial charge in [-0.05, 0) is 60.7 Å². The number of nitrogens with zero attached hydrogens (tertiary/aromatic N) is 4. The molecule has 0 fully saturated rings. The molecule has 0 aliphatic rings. The summed E-state index contributed by atoms with van der Waals surface area (Å²) < 4.78 is 9.57. The molecule has 7 nitrogen and oxygen atoms in total. The number of ether oxygens (including phenoxy) is 1. The third kappa shape index (κ3) is 3.21. The molecule has 0 spiro atoms. The van der Waals surface area contributed by atoms with E-state index in [0.717, 1.165) is 32.3 Å². The van der Waals surface area contributed by atoms with Crippen LogP contribution in [0.4, 0.5) is 0 Å². The van der Waals surface area contributed by atoms with Gasteiger partial charge in [-0.1, -0.05) is 47.5 Å². The molecular weight excluding hydrogens is 607 g/mol. The number of aromatic nitrogens is 4. The van der Waals surface area contributed by atoms with Crippen molar-refractivity contribution in [2.45, 2.75) is 0 Å². The molecule has 0 N–H and O–H groups in total. The Hall–Kier alpha value is -5.50. The standard InChI is InChI=1S/C36H16Cl2N4O3/c37-25-11-9-21-31-19(25)3-1-5-23(31)35(43)41-29-13-7-17(15-27(29)39-33(21)41)45-18-8-14-30-28(16-18)40-34-22-10-12-26(38)20-4-2-6-24(32(20)22)36(44)42(30)34/h1-16H. The lowest BCUT2D eigenvalue weighted by molar-refractivity contribution is 0.484. The molecule has 0 saturated carbocycles. The third-order valence-electron chi connectivity index (χ3n) is 8.81. The zero-order valence-corrected chi connectivity index (χ0v) is 24.5. The SMILES string of the molecule is O=c1c2cccc3c(Cl)ccc(c32)c2nc3cc(Oc4ccc5c(c4)nc4c6ccc(Cl)c7cccc(c(=O)n54)c76)ccc3n12. The topological polar surface area (TPSA) is 78.0 Å². The largest absolute Gasteiger partial charge is 0.457 e. The van der Waals surface area contributed by atoms with Gasteiger partial charge >= 0.3 is 0 Å². The second kappa shape index (κ2) is 8.57. The maximum atomic E-state index is 13.6. The van der Waals surface area contributed by atoms with Crippen LogP contribution in [0.5, 0.6) is 11.5 Å². The summed E-state index contributed by atoms with van der Waals surface area (Å²) in [5.41, 5.74) is 3.46. The molecule has 4 aromatic heterocycles. The van der Waals surface area contributed by atoms with E-state index in [2.05, 4.69) is 0 Å². The van der Waals surface area contributed by atoms with Crippen molar-refractivity contribution in [3.8, 4) is 11.5 Å². The number of imidazole rings is 2. The molecule has 6 aromatic carbocycles. The van der Waals surface area contributed by atoms with E-state index in [0.29, 0.717) is 65.7 Å². The Morgan fingerprint density at radius 3 is 1.42 bits per heavy atom. The van der Waals surface area contributed by atoms with Crippen LogP contribution in [-0.2, 0) is 0 Å². The zero-order valence-electron chi connectivity index (χ0n) is 23.0. The van der Waals surface area contributed by atoms with Gasteiger partial charge in [0, 0.05) is 65.3 Å². The van der Waals surface area contributed by atoms with Crippen LogP contribution in [0.1, 0.15) is 0 Å². The number of hydrogen-bond acceptors (Lipinski definition) is 5. The molecule has 0 bridgehead atoms. The van der Waals surface area contributed by atoms with Gasteiger partial charge in [0.1, 0.15) is 22.8 Å². The number of benzene rings is 6. The molecule has 0 amide bonds. The van der Waals surface area contributed by atoms with Crippen molar-refractivity contribution in [1.29, 1.82) is 0 Å². The molecule has 10 aromatic rings. The van der Waals surface area contributed by atoms with Gasteiger partial charge in [-0.2, -0.15) is 0 Å². The fraction of sp³-hybridized carbons (Fsp3) is 0. The Kier molecular flexibility index (Phi) is 4.74. The van der Waals surface area contributed by atoms with Gasteiger partial charge in [0.05, 0.1) is 22.1 Å². The number of pyridine rings is 2. The predicted octanol–water partition coefficient (Wildman–Crippen LogP) is 8.60. The molecule has 0 radical (unpaired) electrons. The van der Waals surface area contributed by atoms with Crippen LogP contribution < -0.4 is 15.9 Å². The highest BCUT2D eigenvalue weighted by Crippen LogP contribution is 2.36. The number of halogens is 2. The molecule has 4 heterocycles. The predicted molar refractivity (Wildman–Crippen MR) is 180 cm³/mol. The maximum Gasteiger partial charge on any atom is 0.264 e. The number of rotatable bonds is 2. The molecule has 9 heteroatoms. The minimum atomic E-state index is -0.148. The first-order valence-electron chi connectivity index (χ1n) is 14.2. The van der Waals surface area contributed by atoms with Crippen molar-refractivity contribution in [1.82, 2.24) is 18.8 Å². The Morgan fingerprint density at radius 1 is 0.511 bits per heavy atom. The van der Waals surface area contributed by atoms with Crippen molar-refractivity contribution in [2.75, 3.05) is 0 Å². The average molecular weight is 623 g/mol. The molecule has 0 saturated heterocycles. The summed E-state index contributed by atoms with van der Waals surface area (Å²) in [7, 11) is 0. The highest BCUT2D eigenvalue weighted by atomic mass is 35.5. The molecule has 0 aliphatic heterocycles. The first kappa shape index (κ1) is 24.9. The van der Waals surface area contributed by atoms with Crippen LogP contribution in [-0.4, -0.2) is 18.8 Å². The summed E-state index contributed by atoms with van der Waals surface area (Å²) >= 11 is 12.9. The monoisotopic (exact) mass is 622 g/mol. The third-order valence-corrected chi connectivity index (χ3v) is 9.47. The maximum absolute atomic E-state index is 13.6. The number of fused-ring (bicyclic) bond motifs is 8.